The first-order valence-corrected chi connectivity index (χ1v) is 8.73. The van der Waals surface area contributed by atoms with Crippen LogP contribution in [0.15, 0.2) is 18.2 Å². The van der Waals surface area contributed by atoms with E-state index in [4.69, 9.17) is 17.3 Å². The van der Waals surface area contributed by atoms with Crippen molar-refractivity contribution in [2.45, 2.75) is 50.0 Å². The maximum Gasteiger partial charge on any atom is 0.233 e. The van der Waals surface area contributed by atoms with Gasteiger partial charge in [0.15, 0.2) is 0 Å². The molecular weight excluding hydrogens is 315 g/mol. The zero-order valence-corrected chi connectivity index (χ0v) is 14.0. The molecule has 1 amide bonds. The molecule has 1 aliphatic heterocycles. The fraction of sp³-hybridized carbons (Fsp3) is 0.556. The third kappa shape index (κ3) is 3.24. The number of likely N-dealkylation sites (tertiary alicyclic amines) is 1. The van der Waals surface area contributed by atoms with Gasteiger partial charge in [-0.3, -0.25) is 4.79 Å². The lowest BCUT2D eigenvalue weighted by atomic mass is 9.68. The minimum Gasteiger partial charge on any atom is -0.342 e. The van der Waals surface area contributed by atoms with Crippen molar-refractivity contribution >= 4 is 17.5 Å². The van der Waals surface area contributed by atoms with Gasteiger partial charge in [-0.05, 0) is 49.8 Å². The van der Waals surface area contributed by atoms with E-state index in [1.54, 1.807) is 12.1 Å². The molecule has 3 nitrogen and oxygen atoms in total. The SMILES string of the molecule is NC1CCN(C(=O)C2(c3ccc(F)c(Cl)c3)C[CH]CCC2)CC1. The van der Waals surface area contributed by atoms with Crippen LogP contribution in [0.4, 0.5) is 4.39 Å². The summed E-state index contributed by atoms with van der Waals surface area (Å²) in [5, 5.41) is 0.0842. The third-order valence-electron chi connectivity index (χ3n) is 5.21. The van der Waals surface area contributed by atoms with Gasteiger partial charge in [-0.1, -0.05) is 30.5 Å². The highest BCUT2D eigenvalue weighted by atomic mass is 35.5. The predicted molar refractivity (Wildman–Crippen MR) is 89.6 cm³/mol. The summed E-state index contributed by atoms with van der Waals surface area (Å²) in [4.78, 5) is 15.2. The number of amides is 1. The summed E-state index contributed by atoms with van der Waals surface area (Å²) in [6, 6.07) is 4.90. The largest absolute Gasteiger partial charge is 0.342 e. The summed E-state index contributed by atoms with van der Waals surface area (Å²) in [5.74, 6) is -0.301. The van der Waals surface area contributed by atoms with E-state index in [0.717, 1.165) is 37.7 Å². The van der Waals surface area contributed by atoms with Crippen molar-refractivity contribution in [2.75, 3.05) is 13.1 Å². The molecule has 1 aromatic carbocycles. The van der Waals surface area contributed by atoms with Crippen LogP contribution in [0.25, 0.3) is 0 Å². The lowest BCUT2D eigenvalue weighted by molar-refractivity contribution is -0.139. The maximum atomic E-state index is 13.5. The molecule has 0 aromatic heterocycles. The second-order valence-electron chi connectivity index (χ2n) is 6.73. The normalized spacial score (nSPS) is 22.1. The molecule has 1 aliphatic carbocycles. The van der Waals surface area contributed by atoms with Crippen LogP contribution in [0.1, 0.15) is 44.1 Å². The number of rotatable bonds is 2. The van der Waals surface area contributed by atoms with Gasteiger partial charge in [0.25, 0.3) is 0 Å². The van der Waals surface area contributed by atoms with Gasteiger partial charge in [0.1, 0.15) is 5.82 Å². The van der Waals surface area contributed by atoms with Crippen molar-refractivity contribution < 1.29 is 9.18 Å². The van der Waals surface area contributed by atoms with Gasteiger partial charge in [0.05, 0.1) is 10.4 Å². The number of piperidine rings is 1. The van der Waals surface area contributed by atoms with E-state index >= 15 is 0 Å². The van der Waals surface area contributed by atoms with E-state index in [2.05, 4.69) is 6.42 Å². The van der Waals surface area contributed by atoms with Crippen LogP contribution < -0.4 is 5.73 Å². The van der Waals surface area contributed by atoms with Crippen molar-refractivity contribution in [3.63, 3.8) is 0 Å². The Labute approximate surface area is 142 Å². The third-order valence-corrected chi connectivity index (χ3v) is 5.50. The number of halogens is 2. The van der Waals surface area contributed by atoms with Gasteiger partial charge in [-0.2, -0.15) is 0 Å². The lowest BCUT2D eigenvalue weighted by Gasteiger charge is -2.42. The Morgan fingerprint density at radius 2 is 2.09 bits per heavy atom. The molecule has 2 aliphatic rings. The standard InChI is InChI=1S/C18H23ClFN2O/c19-15-12-13(4-5-16(15)20)18(8-2-1-3-9-18)17(23)22-10-6-14(21)7-11-22/h2,4-5,12,14H,1,3,6-11,21H2. The van der Waals surface area contributed by atoms with Gasteiger partial charge in [0.2, 0.25) is 5.91 Å². The van der Waals surface area contributed by atoms with E-state index < -0.39 is 11.2 Å². The molecule has 3 rings (SSSR count). The van der Waals surface area contributed by atoms with Gasteiger partial charge in [0, 0.05) is 19.1 Å². The van der Waals surface area contributed by atoms with Crippen LogP contribution in [-0.4, -0.2) is 29.9 Å². The lowest BCUT2D eigenvalue weighted by Crippen LogP contribution is -2.52. The second-order valence-corrected chi connectivity index (χ2v) is 7.13. The predicted octanol–water partition coefficient (Wildman–Crippen LogP) is 3.44. The van der Waals surface area contributed by atoms with E-state index in [-0.39, 0.29) is 17.0 Å². The molecule has 1 unspecified atom stereocenters. The molecule has 0 spiro atoms. The molecule has 23 heavy (non-hydrogen) atoms. The highest BCUT2D eigenvalue weighted by molar-refractivity contribution is 6.30. The molecule has 125 valence electrons. The van der Waals surface area contributed by atoms with Gasteiger partial charge >= 0.3 is 0 Å². The minimum atomic E-state index is -0.600. The Morgan fingerprint density at radius 1 is 1.35 bits per heavy atom. The first kappa shape index (κ1) is 16.7. The van der Waals surface area contributed by atoms with E-state index in [0.29, 0.717) is 19.5 Å². The van der Waals surface area contributed by atoms with Gasteiger partial charge < -0.3 is 10.6 Å². The quantitative estimate of drug-likeness (QED) is 0.898. The fourth-order valence-corrected chi connectivity index (χ4v) is 3.96. The Bertz CT molecular complexity index is 578. The topological polar surface area (TPSA) is 46.3 Å². The number of hydrogen-bond acceptors (Lipinski definition) is 2. The average Bonchev–Trinajstić information content (AvgIpc) is 2.58. The fourth-order valence-electron chi connectivity index (χ4n) is 3.78. The van der Waals surface area contributed by atoms with Crippen LogP contribution in [0.3, 0.4) is 0 Å². The molecule has 0 bridgehead atoms. The Morgan fingerprint density at radius 3 is 2.70 bits per heavy atom. The number of nitrogens with zero attached hydrogens (tertiary/aromatic N) is 1. The Balaban J connectivity index is 1.92. The highest BCUT2D eigenvalue weighted by Gasteiger charge is 2.44. The summed E-state index contributed by atoms with van der Waals surface area (Å²) >= 11 is 5.98. The van der Waals surface area contributed by atoms with Gasteiger partial charge in [-0.15, -0.1) is 0 Å². The first-order chi connectivity index (χ1) is 11.0. The number of carbonyl (C=O) groups is 1. The van der Waals surface area contributed by atoms with Crippen molar-refractivity contribution in [3.8, 4) is 0 Å². The van der Waals surface area contributed by atoms with Crippen LogP contribution in [0.5, 0.6) is 0 Å². The molecule has 2 fully saturated rings. The van der Waals surface area contributed by atoms with Gasteiger partial charge in [-0.25, -0.2) is 4.39 Å². The molecule has 1 aromatic rings. The van der Waals surface area contributed by atoms with Crippen LogP contribution in [0.2, 0.25) is 5.02 Å². The highest BCUT2D eigenvalue weighted by Crippen LogP contribution is 2.42. The molecule has 1 saturated heterocycles. The summed E-state index contributed by atoms with van der Waals surface area (Å²) in [7, 11) is 0. The smallest absolute Gasteiger partial charge is 0.233 e. The van der Waals surface area contributed by atoms with Crippen molar-refractivity contribution in [1.82, 2.24) is 4.90 Å². The number of benzene rings is 1. The van der Waals surface area contributed by atoms with Crippen LogP contribution in [-0.2, 0) is 10.2 Å². The second kappa shape index (κ2) is 6.78. The zero-order chi connectivity index (χ0) is 16.4. The minimum absolute atomic E-state index is 0.0842. The van der Waals surface area contributed by atoms with Crippen molar-refractivity contribution in [1.29, 1.82) is 0 Å². The van der Waals surface area contributed by atoms with E-state index in [1.165, 1.54) is 6.07 Å². The zero-order valence-electron chi connectivity index (χ0n) is 13.2. The molecular formula is C18H23ClFN2O. The molecule has 1 atom stereocenters. The van der Waals surface area contributed by atoms with E-state index in [1.807, 2.05) is 4.90 Å². The molecule has 2 N–H and O–H groups in total. The number of hydrogen-bond donors (Lipinski definition) is 1. The molecule has 1 saturated carbocycles. The monoisotopic (exact) mass is 337 g/mol. The number of carbonyl (C=O) groups excluding carboxylic acids is 1. The maximum absolute atomic E-state index is 13.5. The first-order valence-electron chi connectivity index (χ1n) is 8.35. The Hall–Kier alpha value is -1.13. The van der Waals surface area contributed by atoms with Crippen molar-refractivity contribution in [3.05, 3.63) is 41.0 Å². The van der Waals surface area contributed by atoms with Crippen molar-refractivity contribution in [2.24, 2.45) is 5.73 Å². The summed E-state index contributed by atoms with van der Waals surface area (Å²) < 4.78 is 13.5. The van der Waals surface area contributed by atoms with Crippen LogP contribution in [0, 0.1) is 12.2 Å². The molecule has 1 radical (unpaired) electrons. The van der Waals surface area contributed by atoms with E-state index in [9.17, 15) is 9.18 Å². The summed E-state index contributed by atoms with van der Waals surface area (Å²) in [5.41, 5.74) is 6.19. The Kier molecular flexibility index (Phi) is 4.93. The molecule has 1 heterocycles. The molecule has 5 heteroatoms. The number of nitrogens with two attached hydrogens (primary N) is 1. The average molecular weight is 338 g/mol. The summed E-state index contributed by atoms with van der Waals surface area (Å²) in [6.45, 7) is 1.41. The summed E-state index contributed by atoms with van der Waals surface area (Å²) in [6.07, 6.45) is 7.33. The van der Waals surface area contributed by atoms with Crippen LogP contribution >= 0.6 is 11.6 Å².